The van der Waals surface area contributed by atoms with Gasteiger partial charge in [-0.05, 0) is 25.0 Å². The van der Waals surface area contributed by atoms with Crippen LogP contribution in [0.1, 0.15) is 32.5 Å². The summed E-state index contributed by atoms with van der Waals surface area (Å²) in [6, 6.07) is 1.82. The van der Waals surface area contributed by atoms with Gasteiger partial charge >= 0.3 is 6.09 Å². The van der Waals surface area contributed by atoms with E-state index < -0.39 is 6.09 Å². The molecule has 0 bridgehead atoms. The molecule has 2 aromatic rings. The van der Waals surface area contributed by atoms with Gasteiger partial charge in [-0.15, -0.1) is 11.3 Å². The summed E-state index contributed by atoms with van der Waals surface area (Å²) in [5.74, 6) is 0.00281. The van der Waals surface area contributed by atoms with Crippen molar-refractivity contribution >= 4 is 29.0 Å². The topological polar surface area (TPSA) is 96.3 Å². The van der Waals surface area contributed by atoms with Crippen LogP contribution in [0.15, 0.2) is 18.5 Å². The van der Waals surface area contributed by atoms with Crippen molar-refractivity contribution in [3.8, 4) is 0 Å². The molecule has 0 unspecified atom stereocenters. The molecular formula is C14H16N4O3S. The van der Waals surface area contributed by atoms with Gasteiger partial charge in [-0.2, -0.15) is 5.10 Å². The summed E-state index contributed by atoms with van der Waals surface area (Å²) in [6.07, 6.45) is 3.10. The number of thiophene rings is 1. The number of carbonyl (C=O) groups excluding carboxylic acids is 1. The average Bonchev–Trinajstić information content (AvgIpc) is 2.86. The van der Waals surface area contributed by atoms with Gasteiger partial charge in [0.2, 0.25) is 0 Å². The van der Waals surface area contributed by atoms with Crippen molar-refractivity contribution in [3.05, 3.63) is 33.8 Å². The molecule has 1 fully saturated rings. The lowest BCUT2D eigenvalue weighted by Crippen LogP contribution is -2.24. The number of carboxylic acid groups (broad SMARTS) is 1. The molecule has 1 saturated carbocycles. The van der Waals surface area contributed by atoms with E-state index in [0.717, 1.165) is 16.9 Å². The maximum absolute atomic E-state index is 12.2. The first-order valence-electron chi connectivity index (χ1n) is 6.84. The third kappa shape index (κ3) is 2.96. The molecule has 22 heavy (non-hydrogen) atoms. The van der Waals surface area contributed by atoms with Gasteiger partial charge < -0.3 is 15.7 Å². The summed E-state index contributed by atoms with van der Waals surface area (Å²) in [5.41, 5.74) is 1.71. The minimum absolute atomic E-state index is 0.0416. The van der Waals surface area contributed by atoms with Crippen LogP contribution in [0.25, 0.3) is 0 Å². The fourth-order valence-electron chi connectivity index (χ4n) is 2.51. The van der Waals surface area contributed by atoms with Gasteiger partial charge in [0, 0.05) is 30.1 Å². The van der Waals surface area contributed by atoms with Crippen LogP contribution in [0.3, 0.4) is 0 Å². The van der Waals surface area contributed by atoms with Crippen LogP contribution in [0.5, 0.6) is 0 Å². The van der Waals surface area contributed by atoms with E-state index in [1.807, 2.05) is 13.0 Å². The van der Waals surface area contributed by atoms with E-state index in [4.69, 9.17) is 5.11 Å². The second kappa shape index (κ2) is 5.45. The molecule has 2 amide bonds. The van der Waals surface area contributed by atoms with Crippen molar-refractivity contribution in [1.82, 2.24) is 15.1 Å². The lowest BCUT2D eigenvalue weighted by atomic mass is 10.1. The van der Waals surface area contributed by atoms with E-state index >= 15 is 0 Å². The molecule has 2 heterocycles. The minimum atomic E-state index is -1.00. The lowest BCUT2D eigenvalue weighted by molar-refractivity contribution is 0.103. The highest BCUT2D eigenvalue weighted by Gasteiger charge is 2.41. The van der Waals surface area contributed by atoms with E-state index in [9.17, 15) is 9.59 Å². The molecule has 0 saturated heterocycles. The van der Waals surface area contributed by atoms with Crippen LogP contribution < -0.4 is 10.6 Å². The third-order valence-electron chi connectivity index (χ3n) is 3.64. The first kappa shape index (κ1) is 14.6. The predicted octanol–water partition coefficient (Wildman–Crippen LogP) is 2.17. The minimum Gasteiger partial charge on any atom is -0.465 e. The molecule has 0 aromatic carbocycles. The highest BCUT2D eigenvalue weighted by molar-refractivity contribution is 7.14. The molecule has 3 rings (SSSR count). The number of nitrogens with zero attached hydrogens (tertiary/aromatic N) is 2. The Morgan fingerprint density at radius 3 is 2.91 bits per heavy atom. The van der Waals surface area contributed by atoms with Crippen molar-refractivity contribution in [2.45, 2.75) is 25.3 Å². The third-order valence-corrected chi connectivity index (χ3v) is 4.71. The van der Waals surface area contributed by atoms with Crippen molar-refractivity contribution in [2.75, 3.05) is 5.32 Å². The summed E-state index contributed by atoms with van der Waals surface area (Å²) >= 11 is 1.42. The standard InChI is InChI=1S/C14H16N4O3S/c1-7-9(10-3-11(10)17-14(20)21)4-12(22-7)13(19)16-8-5-15-18(2)6-8/h4-6,10-11,17H,3H2,1-2H3,(H,16,19)(H,20,21)/t10-,11+/m0/s1. The second-order valence-electron chi connectivity index (χ2n) is 5.38. The smallest absolute Gasteiger partial charge is 0.404 e. The molecule has 0 aliphatic heterocycles. The first-order valence-corrected chi connectivity index (χ1v) is 7.65. The van der Waals surface area contributed by atoms with Gasteiger partial charge in [0.25, 0.3) is 5.91 Å². The highest BCUT2D eigenvalue weighted by atomic mass is 32.1. The van der Waals surface area contributed by atoms with Crippen LogP contribution in [0.4, 0.5) is 10.5 Å². The molecule has 116 valence electrons. The summed E-state index contributed by atoms with van der Waals surface area (Å²) in [4.78, 5) is 24.6. The number of hydrogen-bond acceptors (Lipinski definition) is 4. The van der Waals surface area contributed by atoms with E-state index in [1.54, 1.807) is 24.1 Å². The highest BCUT2D eigenvalue weighted by Crippen LogP contribution is 2.44. The number of hydrogen-bond donors (Lipinski definition) is 3. The van der Waals surface area contributed by atoms with E-state index in [0.29, 0.717) is 10.6 Å². The average molecular weight is 320 g/mol. The Bertz CT molecular complexity index is 736. The number of amides is 2. The predicted molar refractivity (Wildman–Crippen MR) is 82.5 cm³/mol. The number of nitrogens with one attached hydrogen (secondary N) is 2. The zero-order chi connectivity index (χ0) is 15.9. The Kier molecular flexibility index (Phi) is 3.61. The molecule has 2 atom stereocenters. The van der Waals surface area contributed by atoms with E-state index in [2.05, 4.69) is 15.7 Å². The number of aryl methyl sites for hydroxylation is 2. The Morgan fingerprint density at radius 2 is 2.27 bits per heavy atom. The van der Waals surface area contributed by atoms with Crippen LogP contribution in [-0.4, -0.2) is 32.9 Å². The summed E-state index contributed by atoms with van der Waals surface area (Å²) in [5, 5.41) is 18.0. The summed E-state index contributed by atoms with van der Waals surface area (Å²) in [6.45, 7) is 1.96. The Morgan fingerprint density at radius 1 is 1.50 bits per heavy atom. The quantitative estimate of drug-likeness (QED) is 0.804. The number of rotatable bonds is 4. The number of carbonyl (C=O) groups is 2. The van der Waals surface area contributed by atoms with Crippen molar-refractivity contribution < 1.29 is 14.7 Å². The molecule has 7 nitrogen and oxygen atoms in total. The van der Waals surface area contributed by atoms with Crippen molar-refractivity contribution in [1.29, 1.82) is 0 Å². The largest absolute Gasteiger partial charge is 0.465 e. The fourth-order valence-corrected chi connectivity index (χ4v) is 3.50. The van der Waals surface area contributed by atoms with Crippen LogP contribution in [0, 0.1) is 6.92 Å². The van der Waals surface area contributed by atoms with Gasteiger partial charge in [-0.1, -0.05) is 0 Å². The van der Waals surface area contributed by atoms with Gasteiger partial charge in [-0.25, -0.2) is 4.79 Å². The summed E-state index contributed by atoms with van der Waals surface area (Å²) < 4.78 is 1.62. The molecule has 3 N–H and O–H groups in total. The van der Waals surface area contributed by atoms with Gasteiger partial charge in [0.1, 0.15) is 0 Å². The van der Waals surface area contributed by atoms with Gasteiger partial charge in [0.15, 0.2) is 0 Å². The lowest BCUT2D eigenvalue weighted by Gasteiger charge is -1.99. The first-order chi connectivity index (χ1) is 10.4. The van der Waals surface area contributed by atoms with Crippen molar-refractivity contribution in [3.63, 3.8) is 0 Å². The Balaban J connectivity index is 1.70. The molecule has 0 spiro atoms. The zero-order valence-electron chi connectivity index (χ0n) is 12.2. The monoisotopic (exact) mass is 320 g/mol. The number of aromatic nitrogens is 2. The van der Waals surface area contributed by atoms with Crippen LogP contribution in [0.2, 0.25) is 0 Å². The van der Waals surface area contributed by atoms with E-state index in [-0.39, 0.29) is 17.9 Å². The Labute approximate surface area is 131 Å². The molecule has 2 aromatic heterocycles. The maximum atomic E-state index is 12.2. The zero-order valence-corrected chi connectivity index (χ0v) is 13.0. The second-order valence-corrected chi connectivity index (χ2v) is 6.63. The van der Waals surface area contributed by atoms with Gasteiger partial charge in [-0.3, -0.25) is 9.48 Å². The molecule has 8 heteroatoms. The normalized spacial score (nSPS) is 19.7. The number of anilines is 1. The van der Waals surface area contributed by atoms with Gasteiger partial charge in [0.05, 0.1) is 16.8 Å². The fraction of sp³-hybridized carbons (Fsp3) is 0.357. The van der Waals surface area contributed by atoms with Crippen molar-refractivity contribution in [2.24, 2.45) is 7.05 Å². The van der Waals surface area contributed by atoms with E-state index in [1.165, 1.54) is 11.3 Å². The molecular weight excluding hydrogens is 304 g/mol. The van der Waals surface area contributed by atoms with Crippen LogP contribution >= 0.6 is 11.3 Å². The SMILES string of the molecule is Cc1sc(C(=O)Nc2cnn(C)c2)cc1[C@@H]1C[C@H]1NC(=O)O. The maximum Gasteiger partial charge on any atom is 0.404 e. The molecule has 0 radical (unpaired) electrons. The Hall–Kier alpha value is -2.35. The molecule has 1 aliphatic carbocycles. The summed E-state index contributed by atoms with van der Waals surface area (Å²) in [7, 11) is 1.78. The molecule has 1 aliphatic rings. The van der Waals surface area contributed by atoms with Crippen LogP contribution in [-0.2, 0) is 7.05 Å².